The van der Waals surface area contributed by atoms with Crippen LogP contribution in [-0.2, 0) is 9.59 Å². The zero-order valence-electron chi connectivity index (χ0n) is 12.7. The second-order valence-electron chi connectivity index (χ2n) is 5.35. The molecule has 0 saturated heterocycles. The lowest BCUT2D eigenvalue weighted by Crippen LogP contribution is -2.30. The summed E-state index contributed by atoms with van der Waals surface area (Å²) in [6.07, 6.45) is 3.90. The summed E-state index contributed by atoms with van der Waals surface area (Å²) in [6.45, 7) is 3.30. The predicted octanol–water partition coefficient (Wildman–Crippen LogP) is 1.36. The van der Waals surface area contributed by atoms with Crippen molar-refractivity contribution in [1.29, 1.82) is 0 Å². The van der Waals surface area contributed by atoms with Gasteiger partial charge in [0.25, 0.3) is 0 Å². The van der Waals surface area contributed by atoms with Crippen LogP contribution in [0.3, 0.4) is 0 Å². The minimum atomic E-state index is -0.770. The first-order chi connectivity index (χ1) is 9.41. The first kappa shape index (κ1) is 18.9. The third kappa shape index (κ3) is 13.3. The Morgan fingerprint density at radius 1 is 0.750 bits per heavy atom. The Morgan fingerprint density at radius 2 is 1.35 bits per heavy atom. The molecule has 0 aliphatic heterocycles. The number of carboxylic acid groups (broad SMARTS) is 2. The molecule has 0 aromatic carbocycles. The highest BCUT2D eigenvalue weighted by Crippen LogP contribution is 2.04. The van der Waals surface area contributed by atoms with Gasteiger partial charge in [0.2, 0.25) is 0 Å². The molecule has 0 bridgehead atoms. The van der Waals surface area contributed by atoms with Gasteiger partial charge in [0.1, 0.15) is 0 Å². The molecular weight excluding hydrogens is 260 g/mol. The van der Waals surface area contributed by atoms with Crippen LogP contribution in [-0.4, -0.2) is 72.2 Å². The molecule has 0 fully saturated rings. The molecule has 0 aliphatic rings. The molecule has 0 saturated carbocycles. The van der Waals surface area contributed by atoms with Crippen molar-refractivity contribution in [3.05, 3.63) is 0 Å². The molecule has 0 aliphatic carbocycles. The number of carbonyl (C=O) groups is 2. The molecule has 6 nitrogen and oxygen atoms in total. The summed E-state index contributed by atoms with van der Waals surface area (Å²) >= 11 is 0. The summed E-state index contributed by atoms with van der Waals surface area (Å²) in [4.78, 5) is 25.3. The van der Waals surface area contributed by atoms with Crippen LogP contribution < -0.4 is 0 Å². The van der Waals surface area contributed by atoms with Gasteiger partial charge in [0.15, 0.2) is 0 Å². The van der Waals surface area contributed by atoms with Gasteiger partial charge in [0, 0.05) is 13.0 Å². The van der Waals surface area contributed by atoms with Gasteiger partial charge in [0.05, 0.1) is 6.42 Å². The average molecular weight is 288 g/mol. The zero-order chi connectivity index (χ0) is 15.4. The number of carboxylic acids is 2. The number of rotatable bonds is 13. The molecule has 0 heterocycles. The normalized spacial score (nSPS) is 11.2. The molecule has 118 valence electrons. The molecule has 0 rings (SSSR count). The first-order valence-corrected chi connectivity index (χ1v) is 7.22. The second kappa shape index (κ2) is 11.7. The Hall–Kier alpha value is -1.14. The Labute approximate surface area is 121 Å². The SMILES string of the molecule is CN(C)CCCN(CCCCCC(=O)O)CCC(=O)O. The van der Waals surface area contributed by atoms with Gasteiger partial charge in [-0.25, -0.2) is 0 Å². The lowest BCUT2D eigenvalue weighted by Gasteiger charge is -2.22. The molecule has 0 aromatic rings. The van der Waals surface area contributed by atoms with Gasteiger partial charge in [-0.1, -0.05) is 6.42 Å². The summed E-state index contributed by atoms with van der Waals surface area (Å²) in [5.41, 5.74) is 0. The van der Waals surface area contributed by atoms with Crippen molar-refractivity contribution in [3.8, 4) is 0 Å². The second-order valence-corrected chi connectivity index (χ2v) is 5.35. The topological polar surface area (TPSA) is 81.1 Å². The van der Waals surface area contributed by atoms with Crippen molar-refractivity contribution in [2.24, 2.45) is 0 Å². The van der Waals surface area contributed by atoms with Crippen LogP contribution in [0, 0.1) is 0 Å². The third-order valence-electron chi connectivity index (χ3n) is 3.09. The largest absolute Gasteiger partial charge is 0.481 e. The predicted molar refractivity (Wildman–Crippen MR) is 78.0 cm³/mol. The van der Waals surface area contributed by atoms with Gasteiger partial charge >= 0.3 is 11.9 Å². The van der Waals surface area contributed by atoms with Gasteiger partial charge in [-0.15, -0.1) is 0 Å². The Morgan fingerprint density at radius 3 is 1.90 bits per heavy atom. The van der Waals surface area contributed by atoms with Crippen LogP contribution >= 0.6 is 0 Å². The number of nitrogens with zero attached hydrogens (tertiary/aromatic N) is 2. The van der Waals surface area contributed by atoms with E-state index in [4.69, 9.17) is 10.2 Å². The van der Waals surface area contributed by atoms with E-state index in [0.29, 0.717) is 13.0 Å². The van der Waals surface area contributed by atoms with E-state index in [1.54, 1.807) is 0 Å². The van der Waals surface area contributed by atoms with Gasteiger partial charge in [-0.05, 0) is 53.0 Å². The minimum absolute atomic E-state index is 0.164. The molecular formula is C14H28N2O4. The average Bonchev–Trinajstić information content (AvgIpc) is 2.33. The van der Waals surface area contributed by atoms with E-state index < -0.39 is 11.9 Å². The van der Waals surface area contributed by atoms with E-state index in [-0.39, 0.29) is 12.8 Å². The quantitative estimate of drug-likeness (QED) is 0.498. The van der Waals surface area contributed by atoms with Crippen LogP contribution in [0.1, 0.15) is 38.5 Å². The first-order valence-electron chi connectivity index (χ1n) is 7.22. The van der Waals surface area contributed by atoms with Gasteiger partial charge < -0.3 is 20.0 Å². The monoisotopic (exact) mass is 288 g/mol. The summed E-state index contributed by atoms with van der Waals surface area (Å²) < 4.78 is 0. The van der Waals surface area contributed by atoms with Crippen molar-refractivity contribution in [1.82, 2.24) is 9.80 Å². The molecule has 20 heavy (non-hydrogen) atoms. The summed E-state index contributed by atoms with van der Waals surface area (Å²) in [5.74, 6) is -1.52. The van der Waals surface area contributed by atoms with E-state index in [2.05, 4.69) is 9.80 Å². The Kier molecular flexibility index (Phi) is 11.0. The van der Waals surface area contributed by atoms with Crippen molar-refractivity contribution < 1.29 is 19.8 Å². The van der Waals surface area contributed by atoms with Crippen molar-refractivity contribution >= 4 is 11.9 Å². The van der Waals surface area contributed by atoms with Crippen molar-refractivity contribution in [3.63, 3.8) is 0 Å². The third-order valence-corrected chi connectivity index (χ3v) is 3.09. The highest BCUT2D eigenvalue weighted by atomic mass is 16.4. The fraction of sp³-hybridized carbons (Fsp3) is 0.857. The molecule has 0 radical (unpaired) electrons. The van der Waals surface area contributed by atoms with E-state index in [9.17, 15) is 9.59 Å². The summed E-state index contributed by atoms with van der Waals surface area (Å²) in [5, 5.41) is 17.3. The zero-order valence-corrected chi connectivity index (χ0v) is 12.7. The molecule has 2 N–H and O–H groups in total. The van der Waals surface area contributed by atoms with Gasteiger partial charge in [-0.2, -0.15) is 0 Å². The molecule has 0 amide bonds. The highest BCUT2D eigenvalue weighted by Gasteiger charge is 2.07. The Bertz CT molecular complexity index is 282. The maximum absolute atomic E-state index is 10.6. The maximum atomic E-state index is 10.6. The highest BCUT2D eigenvalue weighted by molar-refractivity contribution is 5.67. The van der Waals surface area contributed by atoms with Crippen LogP contribution in [0.5, 0.6) is 0 Å². The van der Waals surface area contributed by atoms with Crippen LogP contribution in [0.25, 0.3) is 0 Å². The van der Waals surface area contributed by atoms with Crippen molar-refractivity contribution in [2.45, 2.75) is 38.5 Å². The minimum Gasteiger partial charge on any atom is -0.481 e. The smallest absolute Gasteiger partial charge is 0.304 e. The summed E-state index contributed by atoms with van der Waals surface area (Å²) in [7, 11) is 4.04. The molecule has 0 unspecified atom stereocenters. The van der Waals surface area contributed by atoms with E-state index in [1.165, 1.54) is 0 Å². The number of aliphatic carboxylic acids is 2. The Balaban J connectivity index is 3.84. The molecule has 0 aromatic heterocycles. The maximum Gasteiger partial charge on any atom is 0.304 e. The fourth-order valence-electron chi connectivity index (χ4n) is 1.99. The van der Waals surface area contributed by atoms with Crippen LogP contribution in [0.2, 0.25) is 0 Å². The molecule has 0 spiro atoms. The van der Waals surface area contributed by atoms with Gasteiger partial charge in [-0.3, -0.25) is 9.59 Å². The van der Waals surface area contributed by atoms with E-state index in [1.807, 2.05) is 14.1 Å². The van der Waals surface area contributed by atoms with Crippen LogP contribution in [0.4, 0.5) is 0 Å². The van der Waals surface area contributed by atoms with E-state index in [0.717, 1.165) is 38.9 Å². The summed E-state index contributed by atoms with van der Waals surface area (Å²) in [6, 6.07) is 0. The van der Waals surface area contributed by atoms with Crippen molar-refractivity contribution in [2.75, 3.05) is 40.3 Å². The van der Waals surface area contributed by atoms with E-state index >= 15 is 0 Å². The standard InChI is InChI=1S/C14H28N2O4/c1-15(2)9-6-11-16(12-8-14(19)20)10-5-3-4-7-13(17)18/h3-12H2,1-2H3,(H,17,18)(H,19,20). The fourth-order valence-corrected chi connectivity index (χ4v) is 1.99. The number of unbranched alkanes of at least 4 members (excludes halogenated alkanes) is 2. The van der Waals surface area contributed by atoms with Crippen LogP contribution in [0.15, 0.2) is 0 Å². The number of hydrogen-bond acceptors (Lipinski definition) is 4. The molecule has 6 heteroatoms. The lowest BCUT2D eigenvalue weighted by atomic mass is 10.2. The lowest BCUT2D eigenvalue weighted by molar-refractivity contribution is -0.138. The molecule has 0 atom stereocenters. The number of hydrogen-bond donors (Lipinski definition) is 2.